The molecular formula is C13H15ClN2O. The third-order valence-corrected chi connectivity index (χ3v) is 3.18. The van der Waals surface area contributed by atoms with Crippen molar-refractivity contribution in [2.75, 3.05) is 24.6 Å². The average Bonchev–Trinajstić information content (AvgIpc) is 2.27. The smallest absolute Gasteiger partial charge is 0.103 e. The molecule has 1 fully saturated rings. The minimum atomic E-state index is -0.187. The van der Waals surface area contributed by atoms with Crippen LogP contribution in [-0.2, 0) is 4.74 Å². The number of rotatable bonds is 1. The summed E-state index contributed by atoms with van der Waals surface area (Å²) in [4.78, 5) is 2.16. The van der Waals surface area contributed by atoms with Crippen LogP contribution in [-0.4, -0.2) is 25.3 Å². The van der Waals surface area contributed by atoms with Crippen molar-refractivity contribution in [3.63, 3.8) is 0 Å². The molecule has 90 valence electrons. The molecule has 0 N–H and O–H groups in total. The predicted octanol–water partition coefficient (Wildman–Crippen LogP) is 2.83. The summed E-state index contributed by atoms with van der Waals surface area (Å²) in [5.41, 5.74) is 1.26. The molecule has 1 aliphatic heterocycles. The summed E-state index contributed by atoms with van der Waals surface area (Å²) in [6.45, 7) is 6.33. The Morgan fingerprint density at radius 2 is 2.24 bits per heavy atom. The van der Waals surface area contributed by atoms with E-state index in [1.54, 1.807) is 6.07 Å². The molecule has 1 aromatic rings. The Bertz CT molecular complexity index is 465. The van der Waals surface area contributed by atoms with Gasteiger partial charge in [-0.1, -0.05) is 17.7 Å². The Hall–Kier alpha value is -1.24. The number of halogens is 1. The van der Waals surface area contributed by atoms with E-state index < -0.39 is 0 Å². The van der Waals surface area contributed by atoms with Crippen LogP contribution in [0.5, 0.6) is 0 Å². The number of nitrogens with zero attached hydrogens (tertiary/aromatic N) is 2. The third kappa shape index (κ3) is 2.54. The van der Waals surface area contributed by atoms with Gasteiger partial charge in [-0.15, -0.1) is 0 Å². The topological polar surface area (TPSA) is 36.3 Å². The van der Waals surface area contributed by atoms with Gasteiger partial charge in [-0.2, -0.15) is 5.26 Å². The van der Waals surface area contributed by atoms with E-state index in [1.807, 2.05) is 12.1 Å². The number of ether oxygens (including phenoxy) is 1. The number of morpholine rings is 1. The van der Waals surface area contributed by atoms with E-state index in [9.17, 15) is 0 Å². The number of anilines is 1. The van der Waals surface area contributed by atoms with Crippen LogP contribution >= 0.6 is 11.6 Å². The molecule has 1 saturated heterocycles. The summed E-state index contributed by atoms with van der Waals surface area (Å²) in [6.07, 6.45) is 0. The number of hydrogen-bond donors (Lipinski definition) is 0. The van der Waals surface area contributed by atoms with E-state index >= 15 is 0 Å². The fourth-order valence-corrected chi connectivity index (χ4v) is 2.32. The lowest BCUT2D eigenvalue weighted by atomic mass is 10.1. The molecular weight excluding hydrogens is 236 g/mol. The molecule has 3 nitrogen and oxygen atoms in total. The first-order chi connectivity index (χ1) is 8.03. The molecule has 0 saturated carbocycles. The number of nitriles is 1. The van der Waals surface area contributed by atoms with Crippen LogP contribution < -0.4 is 4.90 Å². The second kappa shape index (κ2) is 4.56. The van der Waals surface area contributed by atoms with Gasteiger partial charge in [0.05, 0.1) is 28.5 Å². The molecule has 0 atom stereocenters. The first-order valence-electron chi connectivity index (χ1n) is 5.61. The highest BCUT2D eigenvalue weighted by atomic mass is 35.5. The largest absolute Gasteiger partial charge is 0.372 e. The van der Waals surface area contributed by atoms with Gasteiger partial charge in [-0.05, 0) is 26.0 Å². The summed E-state index contributed by atoms with van der Waals surface area (Å²) < 4.78 is 5.66. The number of benzene rings is 1. The molecule has 0 spiro atoms. The van der Waals surface area contributed by atoms with Crippen LogP contribution in [0.25, 0.3) is 0 Å². The van der Waals surface area contributed by atoms with Crippen LogP contribution in [0.2, 0.25) is 5.02 Å². The fourth-order valence-electron chi connectivity index (χ4n) is 2.11. The summed E-state index contributed by atoms with van der Waals surface area (Å²) in [5.74, 6) is 0. The predicted molar refractivity (Wildman–Crippen MR) is 68.4 cm³/mol. The summed E-state index contributed by atoms with van der Waals surface area (Å²) in [6, 6.07) is 7.73. The van der Waals surface area contributed by atoms with Gasteiger partial charge in [0, 0.05) is 13.1 Å². The maximum absolute atomic E-state index is 9.17. The highest BCUT2D eigenvalue weighted by molar-refractivity contribution is 6.32. The molecule has 2 rings (SSSR count). The van der Waals surface area contributed by atoms with Crippen LogP contribution in [0, 0.1) is 11.3 Å². The maximum atomic E-state index is 9.17. The van der Waals surface area contributed by atoms with Crippen molar-refractivity contribution in [3.05, 3.63) is 28.8 Å². The quantitative estimate of drug-likeness (QED) is 0.769. The molecule has 17 heavy (non-hydrogen) atoms. The lowest BCUT2D eigenvalue weighted by Crippen LogP contribution is -2.48. The average molecular weight is 251 g/mol. The van der Waals surface area contributed by atoms with Crippen molar-refractivity contribution < 1.29 is 4.74 Å². The standard InChI is InChI=1S/C13H15ClN2O/c1-13(2)9-16(6-7-17-13)12-5-3-4-11(14)10(12)8-15/h3-5H,6-7,9H2,1-2H3. The fraction of sp³-hybridized carbons (Fsp3) is 0.462. The molecule has 0 radical (unpaired) electrons. The molecule has 1 heterocycles. The summed E-state index contributed by atoms with van der Waals surface area (Å²) >= 11 is 6.04. The first-order valence-corrected chi connectivity index (χ1v) is 5.99. The van der Waals surface area contributed by atoms with E-state index in [4.69, 9.17) is 21.6 Å². The van der Waals surface area contributed by atoms with Gasteiger partial charge in [-0.3, -0.25) is 0 Å². The Morgan fingerprint density at radius 1 is 1.47 bits per heavy atom. The Kier molecular flexibility index (Phi) is 3.28. The van der Waals surface area contributed by atoms with E-state index in [-0.39, 0.29) is 5.60 Å². The molecule has 0 aromatic heterocycles. The molecule has 0 bridgehead atoms. The van der Waals surface area contributed by atoms with Gasteiger partial charge in [0.15, 0.2) is 0 Å². The van der Waals surface area contributed by atoms with Crippen LogP contribution in [0.4, 0.5) is 5.69 Å². The van der Waals surface area contributed by atoms with Gasteiger partial charge >= 0.3 is 0 Å². The van der Waals surface area contributed by atoms with E-state index in [0.717, 1.165) is 18.8 Å². The SMILES string of the molecule is CC1(C)CN(c2cccc(Cl)c2C#N)CCO1. The van der Waals surface area contributed by atoms with Crippen molar-refractivity contribution in [2.24, 2.45) is 0 Å². The van der Waals surface area contributed by atoms with Crippen molar-refractivity contribution in [1.29, 1.82) is 5.26 Å². The highest BCUT2D eigenvalue weighted by Gasteiger charge is 2.28. The third-order valence-electron chi connectivity index (χ3n) is 2.87. The van der Waals surface area contributed by atoms with Crippen molar-refractivity contribution in [3.8, 4) is 6.07 Å². The van der Waals surface area contributed by atoms with Crippen LogP contribution in [0.15, 0.2) is 18.2 Å². The maximum Gasteiger partial charge on any atom is 0.103 e. The van der Waals surface area contributed by atoms with Crippen molar-refractivity contribution in [1.82, 2.24) is 0 Å². The van der Waals surface area contributed by atoms with E-state index in [2.05, 4.69) is 24.8 Å². The van der Waals surface area contributed by atoms with Gasteiger partial charge in [0.2, 0.25) is 0 Å². The Morgan fingerprint density at radius 3 is 2.88 bits per heavy atom. The van der Waals surface area contributed by atoms with Crippen molar-refractivity contribution >= 4 is 17.3 Å². The molecule has 4 heteroatoms. The summed E-state index contributed by atoms with van der Waals surface area (Å²) in [7, 11) is 0. The zero-order valence-electron chi connectivity index (χ0n) is 10.0. The Labute approximate surface area is 107 Å². The molecule has 1 aliphatic rings. The lowest BCUT2D eigenvalue weighted by Gasteiger charge is -2.39. The molecule has 0 amide bonds. The second-order valence-electron chi connectivity index (χ2n) is 4.78. The minimum absolute atomic E-state index is 0.187. The molecule has 0 unspecified atom stereocenters. The molecule has 1 aromatic carbocycles. The molecule has 0 aliphatic carbocycles. The van der Waals surface area contributed by atoms with Crippen molar-refractivity contribution in [2.45, 2.75) is 19.4 Å². The van der Waals surface area contributed by atoms with E-state index in [0.29, 0.717) is 17.2 Å². The lowest BCUT2D eigenvalue weighted by molar-refractivity contribution is -0.0277. The monoisotopic (exact) mass is 250 g/mol. The van der Waals surface area contributed by atoms with Gasteiger partial charge in [0.25, 0.3) is 0 Å². The van der Waals surface area contributed by atoms with Gasteiger partial charge in [-0.25, -0.2) is 0 Å². The second-order valence-corrected chi connectivity index (χ2v) is 5.18. The highest BCUT2D eigenvalue weighted by Crippen LogP contribution is 2.29. The zero-order valence-corrected chi connectivity index (χ0v) is 10.8. The number of hydrogen-bond acceptors (Lipinski definition) is 3. The minimum Gasteiger partial charge on any atom is -0.372 e. The zero-order chi connectivity index (χ0) is 12.5. The van der Waals surface area contributed by atoms with Gasteiger partial charge in [0.1, 0.15) is 6.07 Å². The normalized spacial score (nSPS) is 18.8. The first kappa shape index (κ1) is 12.2. The van der Waals surface area contributed by atoms with Crippen LogP contribution in [0.3, 0.4) is 0 Å². The Balaban J connectivity index is 2.35. The van der Waals surface area contributed by atoms with Gasteiger partial charge < -0.3 is 9.64 Å². The van der Waals surface area contributed by atoms with E-state index in [1.165, 1.54) is 0 Å². The van der Waals surface area contributed by atoms with Crippen LogP contribution in [0.1, 0.15) is 19.4 Å². The summed E-state index contributed by atoms with van der Waals surface area (Å²) in [5, 5.41) is 9.68.